The summed E-state index contributed by atoms with van der Waals surface area (Å²) in [6.45, 7) is 9.11. The third-order valence-corrected chi connectivity index (χ3v) is 9.25. The van der Waals surface area contributed by atoms with Gasteiger partial charge in [-0.15, -0.1) is 0 Å². The summed E-state index contributed by atoms with van der Waals surface area (Å²) in [7, 11) is 0. The first-order chi connectivity index (χ1) is 19.0. The molecule has 1 aliphatic carbocycles. The third kappa shape index (κ3) is 6.65. The number of rotatable bonds is 8. The van der Waals surface area contributed by atoms with Crippen molar-refractivity contribution in [2.45, 2.75) is 95.3 Å². The molecule has 214 valence electrons. The van der Waals surface area contributed by atoms with Crippen molar-refractivity contribution in [3.63, 3.8) is 0 Å². The number of thioether (sulfide) groups is 1. The van der Waals surface area contributed by atoms with E-state index in [2.05, 4.69) is 39.1 Å². The maximum Gasteiger partial charge on any atom is 0.314 e. The normalized spacial score (nSPS) is 22.9. The molecule has 1 saturated heterocycles. The van der Waals surface area contributed by atoms with Crippen LogP contribution in [0.2, 0.25) is 0 Å². The van der Waals surface area contributed by atoms with E-state index in [9.17, 15) is 4.79 Å². The minimum atomic E-state index is -0.346. The van der Waals surface area contributed by atoms with Crippen LogP contribution in [0.15, 0.2) is 36.4 Å². The minimum Gasteiger partial charge on any atom is -0.493 e. The van der Waals surface area contributed by atoms with E-state index in [1.165, 1.54) is 11.8 Å². The molecule has 2 unspecified atom stereocenters. The average molecular weight is 564 g/mol. The van der Waals surface area contributed by atoms with Crippen molar-refractivity contribution in [1.82, 2.24) is 5.32 Å². The van der Waals surface area contributed by atoms with Crippen LogP contribution in [-0.2, 0) is 23.1 Å². The molecule has 2 atom stereocenters. The molecule has 5 rings (SSSR count). The number of aryl methyl sites for hydroxylation is 1. The van der Waals surface area contributed by atoms with Gasteiger partial charge in [0.05, 0.1) is 17.8 Å². The number of carbonyl (C=O) groups is 1. The Bertz CT molecular complexity index is 1280. The van der Waals surface area contributed by atoms with Gasteiger partial charge in [-0.05, 0) is 79.8 Å². The molecule has 0 spiro atoms. The molecule has 7 nitrogen and oxygen atoms in total. The van der Waals surface area contributed by atoms with Gasteiger partial charge in [0.15, 0.2) is 5.17 Å². The Morgan fingerprint density at radius 3 is 2.52 bits per heavy atom. The monoisotopic (exact) mass is 563 g/mol. The number of fused-ring (bicyclic) bond motifs is 1. The van der Waals surface area contributed by atoms with Gasteiger partial charge in [-0.3, -0.25) is 15.6 Å². The van der Waals surface area contributed by atoms with Gasteiger partial charge in [0.1, 0.15) is 28.7 Å². The summed E-state index contributed by atoms with van der Waals surface area (Å²) in [5, 5.41) is 18.7. The van der Waals surface area contributed by atoms with Crippen molar-refractivity contribution in [3.8, 4) is 17.2 Å². The number of carbonyl (C=O) groups excluding carboxylic acids is 1. The topological polar surface area (TPSA) is 104 Å². The van der Waals surface area contributed by atoms with Gasteiger partial charge < -0.3 is 19.5 Å². The van der Waals surface area contributed by atoms with Gasteiger partial charge in [-0.2, -0.15) is 0 Å². The SMILES string of the molecule is CC1(CCOc2ccc(CC3SC(=N)NC3=N)cc2)CCc2cc(OC(=O)C3CCCC3)c(C(C)(C)C)cc2O1. The first-order valence-corrected chi connectivity index (χ1v) is 15.3. The Hall–Kier alpha value is -3.00. The molecule has 2 aromatic carbocycles. The molecule has 0 aromatic heterocycles. The fourth-order valence-corrected chi connectivity index (χ4v) is 6.61. The number of hydrogen-bond acceptors (Lipinski definition) is 7. The Labute approximate surface area is 241 Å². The maximum atomic E-state index is 12.8. The Morgan fingerprint density at radius 1 is 1.15 bits per heavy atom. The summed E-state index contributed by atoms with van der Waals surface area (Å²) < 4.78 is 18.7. The Kier molecular flexibility index (Phi) is 8.18. The van der Waals surface area contributed by atoms with Gasteiger partial charge in [-0.25, -0.2) is 0 Å². The number of ether oxygens (including phenoxy) is 3. The van der Waals surface area contributed by atoms with E-state index in [1.807, 2.05) is 30.3 Å². The zero-order valence-corrected chi connectivity index (χ0v) is 24.8. The number of nitrogens with one attached hydrogen (secondary N) is 3. The molecule has 2 aromatic rings. The van der Waals surface area contributed by atoms with Crippen molar-refractivity contribution in [2.24, 2.45) is 5.92 Å². The molecule has 8 heteroatoms. The first-order valence-electron chi connectivity index (χ1n) is 14.4. The molecule has 2 aliphatic heterocycles. The maximum absolute atomic E-state index is 12.8. The molecule has 0 radical (unpaired) electrons. The smallest absolute Gasteiger partial charge is 0.314 e. The van der Waals surface area contributed by atoms with E-state index in [-0.39, 0.29) is 28.2 Å². The van der Waals surface area contributed by atoms with E-state index in [1.54, 1.807) is 0 Å². The Morgan fingerprint density at radius 2 is 1.88 bits per heavy atom. The van der Waals surface area contributed by atoms with Crippen molar-refractivity contribution in [3.05, 3.63) is 53.1 Å². The molecule has 1 saturated carbocycles. The Balaban J connectivity index is 1.19. The summed E-state index contributed by atoms with van der Waals surface area (Å²) in [4.78, 5) is 12.8. The fraction of sp³-hybridized carbons (Fsp3) is 0.531. The van der Waals surface area contributed by atoms with Crippen LogP contribution in [-0.4, -0.2) is 34.4 Å². The van der Waals surface area contributed by atoms with E-state index in [0.29, 0.717) is 29.8 Å². The lowest BCUT2D eigenvalue weighted by atomic mass is 9.83. The predicted molar refractivity (Wildman–Crippen MR) is 160 cm³/mol. The second kappa shape index (κ2) is 11.5. The second-order valence-corrected chi connectivity index (χ2v) is 13.8. The van der Waals surface area contributed by atoms with Gasteiger partial charge >= 0.3 is 5.97 Å². The fourth-order valence-electron chi connectivity index (χ4n) is 5.71. The van der Waals surface area contributed by atoms with Gasteiger partial charge in [-0.1, -0.05) is 57.5 Å². The standard InChI is InChI=1S/C32H41N3O4S/c1-31(2,3)24-19-25-22(18-26(24)38-29(36)21-7-5-6-8-21)13-14-32(4,39-25)15-16-37-23-11-9-20(10-12-23)17-27-28(33)35-30(34)40-27/h9-12,18-19,21,27H,5-8,13-17H2,1-4H3,(H3,33,34,35). The molecule has 2 fully saturated rings. The molecule has 3 N–H and O–H groups in total. The number of hydrogen-bond donors (Lipinski definition) is 3. The van der Waals surface area contributed by atoms with Crippen molar-refractivity contribution >= 4 is 28.7 Å². The highest BCUT2D eigenvalue weighted by molar-refractivity contribution is 8.15. The molecule has 0 bridgehead atoms. The highest BCUT2D eigenvalue weighted by Gasteiger charge is 2.35. The second-order valence-electron chi connectivity index (χ2n) is 12.6. The quantitative estimate of drug-likeness (QED) is 0.241. The summed E-state index contributed by atoms with van der Waals surface area (Å²) in [5.41, 5.74) is 2.67. The summed E-state index contributed by atoms with van der Waals surface area (Å²) in [6.07, 6.45) is 7.25. The summed E-state index contributed by atoms with van der Waals surface area (Å²) in [6, 6.07) is 12.1. The zero-order chi connectivity index (χ0) is 28.5. The van der Waals surface area contributed by atoms with Crippen molar-refractivity contribution in [2.75, 3.05) is 6.61 Å². The van der Waals surface area contributed by atoms with Crippen LogP contribution in [0.5, 0.6) is 17.2 Å². The van der Waals surface area contributed by atoms with Crippen LogP contribution >= 0.6 is 11.8 Å². The first kappa shape index (κ1) is 28.5. The average Bonchev–Trinajstić information content (AvgIpc) is 3.54. The zero-order valence-electron chi connectivity index (χ0n) is 24.0. The third-order valence-electron chi connectivity index (χ3n) is 8.22. The van der Waals surface area contributed by atoms with Crippen LogP contribution in [0.1, 0.15) is 82.9 Å². The molecule has 2 heterocycles. The molecular weight excluding hydrogens is 522 g/mol. The van der Waals surface area contributed by atoms with Crippen LogP contribution in [0.4, 0.5) is 0 Å². The van der Waals surface area contributed by atoms with Crippen LogP contribution in [0.25, 0.3) is 0 Å². The predicted octanol–water partition coefficient (Wildman–Crippen LogP) is 6.79. The van der Waals surface area contributed by atoms with E-state index in [0.717, 1.165) is 73.1 Å². The number of benzene rings is 2. The lowest BCUT2D eigenvalue weighted by Crippen LogP contribution is -2.38. The van der Waals surface area contributed by atoms with E-state index < -0.39 is 0 Å². The number of esters is 1. The lowest BCUT2D eigenvalue weighted by Gasteiger charge is -2.37. The summed E-state index contributed by atoms with van der Waals surface area (Å²) >= 11 is 1.39. The number of amidine groups is 2. The highest BCUT2D eigenvalue weighted by atomic mass is 32.2. The molecular formula is C32H41N3O4S. The summed E-state index contributed by atoms with van der Waals surface area (Å²) in [5.74, 6) is 2.69. The van der Waals surface area contributed by atoms with Crippen molar-refractivity contribution < 1.29 is 19.0 Å². The molecule has 3 aliphatic rings. The van der Waals surface area contributed by atoms with Crippen LogP contribution < -0.4 is 19.5 Å². The van der Waals surface area contributed by atoms with E-state index >= 15 is 0 Å². The van der Waals surface area contributed by atoms with Gasteiger partial charge in [0.2, 0.25) is 0 Å². The van der Waals surface area contributed by atoms with Crippen LogP contribution in [0, 0.1) is 16.7 Å². The van der Waals surface area contributed by atoms with Gasteiger partial charge in [0, 0.05) is 12.0 Å². The molecule has 0 amide bonds. The van der Waals surface area contributed by atoms with E-state index in [4.69, 9.17) is 25.0 Å². The molecule has 40 heavy (non-hydrogen) atoms. The minimum absolute atomic E-state index is 0.0216. The highest BCUT2D eigenvalue weighted by Crippen LogP contribution is 2.43. The van der Waals surface area contributed by atoms with Crippen molar-refractivity contribution in [1.29, 1.82) is 10.8 Å². The van der Waals surface area contributed by atoms with Crippen LogP contribution in [0.3, 0.4) is 0 Å². The largest absolute Gasteiger partial charge is 0.493 e. The van der Waals surface area contributed by atoms with Gasteiger partial charge in [0.25, 0.3) is 0 Å². The lowest BCUT2D eigenvalue weighted by molar-refractivity contribution is -0.138.